The smallest absolute Gasteiger partial charge is 0.235 e. The van der Waals surface area contributed by atoms with E-state index in [1.54, 1.807) is 22.1 Å². The van der Waals surface area contributed by atoms with Gasteiger partial charge >= 0.3 is 0 Å². The molecule has 0 fully saturated rings. The van der Waals surface area contributed by atoms with Crippen molar-refractivity contribution in [3.05, 3.63) is 58.8 Å². The van der Waals surface area contributed by atoms with E-state index in [1.807, 2.05) is 12.1 Å². The molecule has 0 amide bonds. The molecule has 4 aromatic rings. The van der Waals surface area contributed by atoms with Gasteiger partial charge in [0.15, 0.2) is 5.76 Å². The summed E-state index contributed by atoms with van der Waals surface area (Å²) in [6.07, 6.45) is 2.74. The molecule has 25 heavy (non-hydrogen) atoms. The van der Waals surface area contributed by atoms with Gasteiger partial charge in [0.05, 0.1) is 6.26 Å². The highest BCUT2D eigenvalue weighted by Crippen LogP contribution is 2.30. The molecule has 1 atom stereocenters. The highest BCUT2D eigenvalue weighted by molar-refractivity contribution is 7.16. The zero-order chi connectivity index (χ0) is 17.4. The average molecular weight is 352 g/mol. The molecular weight excluding hydrogens is 332 g/mol. The Hall–Kier alpha value is -2.47. The van der Waals surface area contributed by atoms with E-state index in [0.717, 1.165) is 16.4 Å². The molecule has 4 rings (SSSR count). The fourth-order valence-corrected chi connectivity index (χ4v) is 3.84. The Morgan fingerprint density at radius 2 is 1.88 bits per heavy atom. The Morgan fingerprint density at radius 1 is 1.08 bits per heavy atom. The number of fused-ring (bicyclic) bond motifs is 1. The zero-order valence-corrected chi connectivity index (χ0v) is 15.3. The van der Waals surface area contributed by atoms with Crippen LogP contribution in [0.3, 0.4) is 0 Å². The van der Waals surface area contributed by atoms with Gasteiger partial charge in [-0.05, 0) is 35.6 Å². The minimum Gasteiger partial charge on any atom is -0.461 e. The van der Waals surface area contributed by atoms with Crippen molar-refractivity contribution in [1.29, 1.82) is 0 Å². The lowest BCUT2D eigenvalue weighted by atomic mass is 9.97. The molecule has 0 radical (unpaired) electrons. The Bertz CT molecular complexity index is 967. The molecule has 0 saturated heterocycles. The number of aromatic nitrogens is 4. The van der Waals surface area contributed by atoms with Crippen LogP contribution >= 0.6 is 11.3 Å². The third kappa shape index (κ3) is 3.09. The van der Waals surface area contributed by atoms with Gasteiger partial charge in [0.1, 0.15) is 5.01 Å². The van der Waals surface area contributed by atoms with Crippen LogP contribution in [-0.4, -0.2) is 19.8 Å². The Balaban J connectivity index is 1.63. The molecule has 0 saturated carbocycles. The molecular formula is C19H20N4OS. The number of nitrogens with zero attached hydrogens (tertiary/aromatic N) is 4. The molecule has 0 aliphatic rings. The lowest BCUT2D eigenvalue weighted by molar-refractivity contribution is 0.574. The summed E-state index contributed by atoms with van der Waals surface area (Å²) < 4.78 is 7.19. The standard InChI is InChI=1S/C19H20N4OS/c1-12(2)11-14-6-8-15(9-7-14)13(3)18-22-23-17(16-5-4-10-24-16)20-21-19(23)25-18/h4-10,12-13H,11H2,1-3H3. The molecule has 3 aromatic heterocycles. The summed E-state index contributed by atoms with van der Waals surface area (Å²) in [5, 5.41) is 14.2. The van der Waals surface area contributed by atoms with E-state index in [0.29, 0.717) is 17.5 Å². The second kappa shape index (κ2) is 6.44. The van der Waals surface area contributed by atoms with Gasteiger partial charge in [-0.2, -0.15) is 9.61 Å². The molecule has 6 heteroatoms. The van der Waals surface area contributed by atoms with Crippen LogP contribution in [0.4, 0.5) is 0 Å². The number of furan rings is 1. The molecule has 1 aromatic carbocycles. The Kier molecular flexibility index (Phi) is 4.13. The van der Waals surface area contributed by atoms with E-state index in [2.05, 4.69) is 55.2 Å². The van der Waals surface area contributed by atoms with E-state index in [1.165, 1.54) is 11.1 Å². The maximum Gasteiger partial charge on any atom is 0.235 e. The third-order valence-corrected chi connectivity index (χ3v) is 5.32. The monoisotopic (exact) mass is 352 g/mol. The van der Waals surface area contributed by atoms with Crippen molar-refractivity contribution in [2.75, 3.05) is 0 Å². The first-order valence-corrected chi connectivity index (χ1v) is 9.28. The SMILES string of the molecule is CC(C)Cc1ccc(C(C)c2nn3c(-c4ccco4)nnc3s2)cc1. The van der Waals surface area contributed by atoms with Crippen molar-refractivity contribution in [3.63, 3.8) is 0 Å². The van der Waals surface area contributed by atoms with Crippen molar-refractivity contribution in [2.45, 2.75) is 33.1 Å². The molecule has 1 unspecified atom stereocenters. The summed E-state index contributed by atoms with van der Waals surface area (Å²) in [7, 11) is 0. The zero-order valence-electron chi connectivity index (χ0n) is 14.5. The minimum atomic E-state index is 0.212. The topological polar surface area (TPSA) is 56.2 Å². The summed E-state index contributed by atoms with van der Waals surface area (Å²) in [6, 6.07) is 12.6. The van der Waals surface area contributed by atoms with Gasteiger partial charge in [-0.25, -0.2) is 0 Å². The van der Waals surface area contributed by atoms with E-state index in [4.69, 9.17) is 9.52 Å². The molecule has 0 bridgehead atoms. The molecule has 128 valence electrons. The van der Waals surface area contributed by atoms with Crippen molar-refractivity contribution < 1.29 is 4.42 Å². The number of rotatable bonds is 5. The van der Waals surface area contributed by atoms with Crippen molar-refractivity contribution in [1.82, 2.24) is 19.8 Å². The predicted molar refractivity (Wildman–Crippen MR) is 98.9 cm³/mol. The first-order valence-electron chi connectivity index (χ1n) is 8.46. The highest BCUT2D eigenvalue weighted by Gasteiger charge is 2.19. The fraction of sp³-hybridized carbons (Fsp3) is 0.316. The van der Waals surface area contributed by atoms with Gasteiger partial charge in [0.2, 0.25) is 10.8 Å². The second-order valence-corrected chi connectivity index (χ2v) is 7.68. The first-order chi connectivity index (χ1) is 12.1. The van der Waals surface area contributed by atoms with Crippen molar-refractivity contribution in [2.24, 2.45) is 5.92 Å². The van der Waals surface area contributed by atoms with Crippen LogP contribution in [0.5, 0.6) is 0 Å². The first kappa shape index (κ1) is 16.0. The highest BCUT2D eigenvalue weighted by atomic mass is 32.1. The lowest BCUT2D eigenvalue weighted by Gasteiger charge is -2.10. The predicted octanol–water partition coefficient (Wildman–Crippen LogP) is 4.80. The quantitative estimate of drug-likeness (QED) is 0.518. The van der Waals surface area contributed by atoms with Crippen molar-refractivity contribution in [3.8, 4) is 11.6 Å². The van der Waals surface area contributed by atoms with Crippen LogP contribution in [0.15, 0.2) is 47.1 Å². The van der Waals surface area contributed by atoms with E-state index in [-0.39, 0.29) is 5.92 Å². The van der Waals surface area contributed by atoms with Gasteiger partial charge in [-0.1, -0.05) is 56.4 Å². The van der Waals surface area contributed by atoms with Crippen LogP contribution in [0.1, 0.15) is 42.8 Å². The van der Waals surface area contributed by atoms with Crippen molar-refractivity contribution >= 4 is 16.3 Å². The normalized spacial score (nSPS) is 13.0. The van der Waals surface area contributed by atoms with Gasteiger partial charge in [-0.15, -0.1) is 10.2 Å². The van der Waals surface area contributed by atoms with Gasteiger partial charge in [0, 0.05) is 5.92 Å². The minimum absolute atomic E-state index is 0.212. The largest absolute Gasteiger partial charge is 0.461 e. The molecule has 0 aliphatic heterocycles. The summed E-state index contributed by atoms with van der Waals surface area (Å²) in [6.45, 7) is 6.66. The maximum absolute atomic E-state index is 5.43. The molecule has 0 spiro atoms. The average Bonchev–Trinajstić information content (AvgIpc) is 3.30. The maximum atomic E-state index is 5.43. The van der Waals surface area contributed by atoms with Crippen LogP contribution < -0.4 is 0 Å². The lowest BCUT2D eigenvalue weighted by Crippen LogP contribution is -1.99. The second-order valence-electron chi connectivity index (χ2n) is 6.70. The van der Waals surface area contributed by atoms with Crippen LogP contribution in [0.25, 0.3) is 16.5 Å². The number of hydrogen-bond donors (Lipinski definition) is 0. The molecule has 0 N–H and O–H groups in total. The Morgan fingerprint density at radius 3 is 2.56 bits per heavy atom. The fourth-order valence-electron chi connectivity index (χ4n) is 2.92. The van der Waals surface area contributed by atoms with Gasteiger partial charge in [-0.3, -0.25) is 0 Å². The van der Waals surface area contributed by atoms with Crippen LogP contribution in [0.2, 0.25) is 0 Å². The van der Waals surface area contributed by atoms with Crippen LogP contribution in [-0.2, 0) is 6.42 Å². The van der Waals surface area contributed by atoms with Crippen LogP contribution in [0, 0.1) is 5.92 Å². The van der Waals surface area contributed by atoms with E-state index >= 15 is 0 Å². The molecule has 5 nitrogen and oxygen atoms in total. The number of hydrogen-bond acceptors (Lipinski definition) is 5. The summed E-state index contributed by atoms with van der Waals surface area (Å²) in [5.74, 6) is 2.20. The Labute approximate surface area is 150 Å². The summed E-state index contributed by atoms with van der Waals surface area (Å²) in [5.41, 5.74) is 2.64. The van der Waals surface area contributed by atoms with E-state index in [9.17, 15) is 0 Å². The third-order valence-electron chi connectivity index (χ3n) is 4.24. The van der Waals surface area contributed by atoms with E-state index < -0.39 is 0 Å². The number of benzene rings is 1. The molecule has 0 aliphatic carbocycles. The summed E-state index contributed by atoms with van der Waals surface area (Å²) in [4.78, 5) is 0.782. The van der Waals surface area contributed by atoms with Gasteiger partial charge in [0.25, 0.3) is 0 Å². The van der Waals surface area contributed by atoms with Gasteiger partial charge < -0.3 is 4.42 Å². The summed E-state index contributed by atoms with van der Waals surface area (Å²) >= 11 is 1.57. The molecule has 3 heterocycles.